The first-order chi connectivity index (χ1) is 17.4. The van der Waals surface area contributed by atoms with Gasteiger partial charge in [-0.3, -0.25) is 4.79 Å². The Morgan fingerprint density at radius 2 is 2.08 bits per heavy atom. The Bertz CT molecular complexity index is 1430. The molecule has 0 spiro atoms. The lowest BCUT2D eigenvalue weighted by Gasteiger charge is -2.19. The molecule has 1 aliphatic heterocycles. The van der Waals surface area contributed by atoms with Gasteiger partial charge in [0.25, 0.3) is 5.91 Å². The van der Waals surface area contributed by atoms with Gasteiger partial charge in [0.15, 0.2) is 11.5 Å². The fraction of sp³-hybridized carbons (Fsp3) is 0.400. The van der Waals surface area contributed by atoms with Gasteiger partial charge in [0, 0.05) is 25.7 Å². The normalized spacial score (nSPS) is 19.8. The minimum Gasteiger partial charge on any atom is -0.373 e. The molecule has 1 saturated heterocycles. The van der Waals surface area contributed by atoms with Crippen LogP contribution in [0.2, 0.25) is 0 Å². The number of likely N-dealkylation sites (tertiary alicyclic amines) is 1. The number of primary amides is 1. The molecule has 1 aliphatic carbocycles. The first kappa shape index (κ1) is 23.8. The van der Waals surface area contributed by atoms with Crippen LogP contribution in [0.3, 0.4) is 0 Å². The third-order valence-electron chi connectivity index (χ3n) is 6.70. The van der Waals surface area contributed by atoms with Gasteiger partial charge in [0.1, 0.15) is 29.4 Å². The molecule has 36 heavy (non-hydrogen) atoms. The number of nitrogens with two attached hydrogens (primary N) is 1. The van der Waals surface area contributed by atoms with Crippen molar-refractivity contribution >= 4 is 22.8 Å². The fourth-order valence-corrected chi connectivity index (χ4v) is 4.86. The summed E-state index contributed by atoms with van der Waals surface area (Å²) in [6, 6.07) is 0.835. The standard InChI is InChI=1S/C25H26F3N7O/c1-3-8-33-12-16(9-15(33)11-26)35-25(30-2)21(24(29)36)19(32-35)7-6-17-18(27)10-20-23(22(17)28)31-13-34(20)14-4-5-14/h3,8,10,13-16,30H,4-5,9,11-12H2,1-2H3,(H2,29,36)/t15-,16+/m1/s1. The molecule has 11 heteroatoms. The van der Waals surface area contributed by atoms with Crippen molar-refractivity contribution in [1.82, 2.24) is 24.2 Å². The molecular formula is C25H26F3N7O. The Hall–Kier alpha value is -3.94. The van der Waals surface area contributed by atoms with Crippen LogP contribution in [0.15, 0.2) is 24.7 Å². The lowest BCUT2D eigenvalue weighted by molar-refractivity contribution is 0.100. The SMILES string of the molecule is CC=CN1C[C@@H](n2nc(C#Cc3c(F)cc4c(ncn4C4CC4)c3F)c(C(N)=O)c2NC)C[C@@H]1CF. The largest absolute Gasteiger partial charge is 0.373 e. The van der Waals surface area contributed by atoms with E-state index in [0.29, 0.717) is 24.3 Å². The first-order valence-corrected chi connectivity index (χ1v) is 11.8. The Morgan fingerprint density at radius 1 is 1.31 bits per heavy atom. The number of aromatic nitrogens is 4. The van der Waals surface area contributed by atoms with E-state index < -0.39 is 29.8 Å². The fourth-order valence-electron chi connectivity index (χ4n) is 4.86. The van der Waals surface area contributed by atoms with Gasteiger partial charge in [-0.05, 0) is 38.3 Å². The number of rotatable bonds is 6. The molecule has 2 aromatic heterocycles. The summed E-state index contributed by atoms with van der Waals surface area (Å²) in [6.45, 7) is 1.77. The van der Waals surface area contributed by atoms with Crippen LogP contribution in [0.25, 0.3) is 11.0 Å². The van der Waals surface area contributed by atoms with Crippen LogP contribution in [0.1, 0.15) is 59.9 Å². The summed E-state index contributed by atoms with van der Waals surface area (Å²) >= 11 is 0. The van der Waals surface area contributed by atoms with E-state index in [1.54, 1.807) is 16.3 Å². The highest BCUT2D eigenvalue weighted by molar-refractivity contribution is 6.00. The number of allylic oxidation sites excluding steroid dienone is 1. The van der Waals surface area contributed by atoms with Gasteiger partial charge in [-0.2, -0.15) is 5.10 Å². The number of hydrogen-bond donors (Lipinski definition) is 2. The van der Waals surface area contributed by atoms with Gasteiger partial charge in [-0.15, -0.1) is 0 Å². The molecule has 0 bridgehead atoms. The molecule has 0 radical (unpaired) electrons. The van der Waals surface area contributed by atoms with E-state index in [2.05, 4.69) is 27.2 Å². The predicted octanol–water partition coefficient (Wildman–Crippen LogP) is 3.50. The molecule has 0 unspecified atom stereocenters. The monoisotopic (exact) mass is 497 g/mol. The number of nitrogens with zero attached hydrogens (tertiary/aromatic N) is 5. The molecule has 3 N–H and O–H groups in total. The molecule has 1 amide bonds. The topological polar surface area (TPSA) is 94.0 Å². The van der Waals surface area contributed by atoms with Crippen molar-refractivity contribution in [3.8, 4) is 11.8 Å². The van der Waals surface area contributed by atoms with E-state index in [1.165, 1.54) is 12.4 Å². The van der Waals surface area contributed by atoms with Crippen LogP contribution in [-0.4, -0.2) is 56.4 Å². The molecule has 3 aromatic rings. The van der Waals surface area contributed by atoms with Crippen LogP contribution in [0, 0.1) is 23.5 Å². The number of fused-ring (bicyclic) bond motifs is 1. The van der Waals surface area contributed by atoms with E-state index >= 15 is 4.39 Å². The van der Waals surface area contributed by atoms with E-state index in [9.17, 15) is 13.6 Å². The third kappa shape index (κ3) is 3.96. The summed E-state index contributed by atoms with van der Waals surface area (Å²) in [7, 11) is 1.60. The number of benzene rings is 1. The number of carbonyl (C=O) groups excluding carboxylic acids is 1. The van der Waals surface area contributed by atoms with Gasteiger partial charge >= 0.3 is 0 Å². The zero-order valence-corrected chi connectivity index (χ0v) is 19.9. The smallest absolute Gasteiger partial charge is 0.255 e. The van der Waals surface area contributed by atoms with Crippen LogP contribution < -0.4 is 11.1 Å². The van der Waals surface area contributed by atoms with E-state index in [1.807, 2.05) is 24.1 Å². The second-order valence-electron chi connectivity index (χ2n) is 9.06. The molecular weight excluding hydrogens is 471 g/mol. The minimum atomic E-state index is -0.866. The Morgan fingerprint density at radius 3 is 2.72 bits per heavy atom. The van der Waals surface area contributed by atoms with E-state index in [-0.39, 0.29) is 34.9 Å². The molecule has 188 valence electrons. The summed E-state index contributed by atoms with van der Waals surface area (Å²) in [4.78, 5) is 18.3. The lowest BCUT2D eigenvalue weighted by atomic mass is 10.1. The highest BCUT2D eigenvalue weighted by Gasteiger charge is 2.35. The molecule has 1 aromatic carbocycles. The average molecular weight is 498 g/mol. The maximum atomic E-state index is 15.2. The molecule has 2 aliphatic rings. The Kier molecular flexibility index (Phi) is 6.12. The van der Waals surface area contributed by atoms with Gasteiger partial charge in [0.05, 0.1) is 29.5 Å². The van der Waals surface area contributed by atoms with Crippen LogP contribution in [0.5, 0.6) is 0 Å². The molecule has 2 atom stereocenters. The van der Waals surface area contributed by atoms with Crippen molar-refractivity contribution in [2.75, 3.05) is 25.6 Å². The maximum absolute atomic E-state index is 15.2. The summed E-state index contributed by atoms with van der Waals surface area (Å²) in [6.07, 6.45) is 7.49. The summed E-state index contributed by atoms with van der Waals surface area (Å²) < 4.78 is 47.0. The quantitative estimate of drug-likeness (QED) is 0.509. The minimum absolute atomic E-state index is 0.00573. The van der Waals surface area contributed by atoms with E-state index in [0.717, 1.165) is 12.8 Å². The zero-order valence-electron chi connectivity index (χ0n) is 19.9. The number of hydrogen-bond acceptors (Lipinski definition) is 5. The third-order valence-corrected chi connectivity index (χ3v) is 6.70. The number of anilines is 1. The lowest BCUT2D eigenvalue weighted by Crippen LogP contribution is -2.25. The summed E-state index contributed by atoms with van der Waals surface area (Å²) in [5.74, 6) is 2.97. The molecule has 1 saturated carbocycles. The molecule has 8 nitrogen and oxygen atoms in total. The molecule has 5 rings (SSSR count). The predicted molar refractivity (Wildman–Crippen MR) is 129 cm³/mol. The second kappa shape index (κ2) is 9.26. The number of carbonyl (C=O) groups is 1. The maximum Gasteiger partial charge on any atom is 0.255 e. The van der Waals surface area contributed by atoms with Crippen molar-refractivity contribution in [3.63, 3.8) is 0 Å². The molecule has 3 heterocycles. The van der Waals surface area contributed by atoms with Crippen molar-refractivity contribution in [2.24, 2.45) is 5.73 Å². The summed E-state index contributed by atoms with van der Waals surface area (Å²) in [5, 5.41) is 7.39. The first-order valence-electron chi connectivity index (χ1n) is 11.8. The van der Waals surface area contributed by atoms with E-state index in [4.69, 9.17) is 5.73 Å². The van der Waals surface area contributed by atoms with Gasteiger partial charge in [-0.25, -0.2) is 22.8 Å². The van der Waals surface area contributed by atoms with Crippen LogP contribution in [0.4, 0.5) is 19.0 Å². The summed E-state index contributed by atoms with van der Waals surface area (Å²) in [5.41, 5.74) is 5.58. The second-order valence-corrected chi connectivity index (χ2v) is 9.06. The van der Waals surface area contributed by atoms with Gasteiger partial charge in [-0.1, -0.05) is 12.0 Å². The Balaban J connectivity index is 1.56. The zero-order chi connectivity index (χ0) is 25.6. The Labute approximate surface area is 205 Å². The van der Waals surface area contributed by atoms with Crippen molar-refractivity contribution < 1.29 is 18.0 Å². The number of amides is 1. The number of alkyl halides is 1. The van der Waals surface area contributed by atoms with Crippen molar-refractivity contribution in [1.29, 1.82) is 0 Å². The van der Waals surface area contributed by atoms with Gasteiger partial charge < -0.3 is 20.5 Å². The van der Waals surface area contributed by atoms with Gasteiger partial charge in [0.2, 0.25) is 0 Å². The van der Waals surface area contributed by atoms with Crippen LogP contribution >= 0.6 is 0 Å². The van der Waals surface area contributed by atoms with Crippen molar-refractivity contribution in [3.05, 3.63) is 53.1 Å². The highest BCUT2D eigenvalue weighted by atomic mass is 19.1. The number of nitrogens with one attached hydrogen (secondary N) is 1. The number of halogens is 3. The molecule has 2 fully saturated rings. The van der Waals surface area contributed by atoms with Crippen molar-refractivity contribution in [2.45, 2.75) is 44.3 Å². The highest BCUT2D eigenvalue weighted by Crippen LogP contribution is 2.38. The number of imidazole rings is 1. The van der Waals surface area contributed by atoms with Crippen LogP contribution in [-0.2, 0) is 0 Å². The average Bonchev–Trinajstić information content (AvgIpc) is 3.31.